The second kappa shape index (κ2) is 5.83. The average Bonchev–Trinajstić information content (AvgIpc) is 2.81. The number of nitrogen functional groups attached to an aromatic ring is 1. The van der Waals surface area contributed by atoms with E-state index in [2.05, 4.69) is 5.10 Å². The number of hydrogen-bond acceptors (Lipinski definition) is 5. The number of hydrogen-bond donors (Lipinski definition) is 1. The molecular weight excluding hydrogens is 282 g/mol. The summed E-state index contributed by atoms with van der Waals surface area (Å²) >= 11 is 6.05. The van der Waals surface area contributed by atoms with E-state index >= 15 is 0 Å². The van der Waals surface area contributed by atoms with Crippen LogP contribution in [0.3, 0.4) is 0 Å². The highest BCUT2D eigenvalue weighted by Gasteiger charge is 2.17. The first kappa shape index (κ1) is 14.2. The van der Waals surface area contributed by atoms with Crippen LogP contribution < -0.4 is 10.5 Å². The van der Waals surface area contributed by atoms with E-state index in [1.165, 1.54) is 18.0 Å². The third kappa shape index (κ3) is 2.55. The van der Waals surface area contributed by atoms with Crippen LogP contribution in [0, 0.1) is 0 Å². The third-order valence-electron chi connectivity index (χ3n) is 2.68. The Balaban J connectivity index is 2.39. The highest BCUT2D eigenvalue weighted by molar-refractivity contribution is 6.32. The summed E-state index contributed by atoms with van der Waals surface area (Å²) in [5.41, 5.74) is 6.76. The standard InChI is InChI=1S/C13H14ClN3O3/c1-3-20-13(18)9-7-16-17(12(9)15)8-4-5-11(19-2)10(14)6-8/h4-7H,3,15H2,1-2H3. The first-order valence-corrected chi connectivity index (χ1v) is 6.30. The molecule has 0 spiro atoms. The van der Waals surface area contributed by atoms with Gasteiger partial charge in [0.15, 0.2) is 0 Å². The summed E-state index contributed by atoms with van der Waals surface area (Å²) in [5.74, 6) is 0.243. The van der Waals surface area contributed by atoms with Gasteiger partial charge in [0.05, 0.1) is 30.6 Å². The zero-order valence-electron chi connectivity index (χ0n) is 11.1. The molecule has 2 aromatic rings. The van der Waals surface area contributed by atoms with Gasteiger partial charge in [0.1, 0.15) is 17.1 Å². The molecule has 0 fully saturated rings. The summed E-state index contributed by atoms with van der Waals surface area (Å²) in [4.78, 5) is 11.7. The SMILES string of the molecule is CCOC(=O)c1cnn(-c2ccc(OC)c(Cl)c2)c1N. The Kier molecular flexibility index (Phi) is 4.14. The third-order valence-corrected chi connectivity index (χ3v) is 2.98. The summed E-state index contributed by atoms with van der Waals surface area (Å²) in [5, 5.41) is 4.51. The molecule has 2 rings (SSSR count). The lowest BCUT2D eigenvalue weighted by molar-refractivity contribution is 0.0527. The maximum absolute atomic E-state index is 11.7. The molecule has 0 atom stereocenters. The Morgan fingerprint density at radius 2 is 2.25 bits per heavy atom. The molecule has 0 saturated carbocycles. The quantitative estimate of drug-likeness (QED) is 0.876. The Morgan fingerprint density at radius 3 is 2.85 bits per heavy atom. The van der Waals surface area contributed by atoms with Crippen LogP contribution in [0.4, 0.5) is 5.82 Å². The molecule has 1 heterocycles. The van der Waals surface area contributed by atoms with E-state index in [0.29, 0.717) is 16.5 Å². The van der Waals surface area contributed by atoms with Gasteiger partial charge in [0.25, 0.3) is 0 Å². The largest absolute Gasteiger partial charge is 0.495 e. The molecule has 0 saturated heterocycles. The average molecular weight is 296 g/mol. The van der Waals surface area contributed by atoms with Gasteiger partial charge < -0.3 is 15.2 Å². The fourth-order valence-corrected chi connectivity index (χ4v) is 1.97. The Bertz CT molecular complexity index is 640. The van der Waals surface area contributed by atoms with Crippen molar-refractivity contribution in [1.82, 2.24) is 9.78 Å². The number of halogens is 1. The van der Waals surface area contributed by atoms with Gasteiger partial charge in [0, 0.05) is 0 Å². The lowest BCUT2D eigenvalue weighted by atomic mass is 10.3. The van der Waals surface area contributed by atoms with Crippen LogP contribution in [-0.4, -0.2) is 29.5 Å². The molecule has 0 amide bonds. The fourth-order valence-electron chi connectivity index (χ4n) is 1.72. The van der Waals surface area contributed by atoms with E-state index in [4.69, 9.17) is 26.8 Å². The van der Waals surface area contributed by atoms with Crippen LogP contribution in [0.2, 0.25) is 5.02 Å². The van der Waals surface area contributed by atoms with E-state index in [-0.39, 0.29) is 18.0 Å². The molecule has 1 aromatic carbocycles. The molecule has 106 valence electrons. The molecule has 6 nitrogen and oxygen atoms in total. The first-order chi connectivity index (χ1) is 9.58. The van der Waals surface area contributed by atoms with Crippen molar-refractivity contribution in [2.75, 3.05) is 19.5 Å². The molecule has 0 bridgehead atoms. The predicted octanol–water partition coefficient (Wildman–Crippen LogP) is 2.29. The molecule has 0 aliphatic heterocycles. The number of rotatable bonds is 4. The number of nitrogens with two attached hydrogens (primary N) is 1. The zero-order valence-corrected chi connectivity index (χ0v) is 11.8. The van der Waals surface area contributed by atoms with E-state index in [0.717, 1.165) is 0 Å². The van der Waals surface area contributed by atoms with Crippen molar-refractivity contribution in [3.05, 3.63) is 35.0 Å². The highest BCUT2D eigenvalue weighted by Crippen LogP contribution is 2.28. The lowest BCUT2D eigenvalue weighted by Gasteiger charge is -2.08. The van der Waals surface area contributed by atoms with E-state index < -0.39 is 5.97 Å². The number of anilines is 1. The van der Waals surface area contributed by atoms with Crippen LogP contribution in [0.5, 0.6) is 5.75 Å². The number of esters is 1. The molecule has 0 aliphatic rings. The maximum atomic E-state index is 11.7. The van der Waals surface area contributed by atoms with Crippen molar-refractivity contribution in [2.24, 2.45) is 0 Å². The minimum atomic E-state index is -0.504. The molecule has 0 aliphatic carbocycles. The van der Waals surface area contributed by atoms with Crippen LogP contribution in [0.25, 0.3) is 5.69 Å². The van der Waals surface area contributed by atoms with Gasteiger partial charge in [-0.2, -0.15) is 5.10 Å². The van der Waals surface area contributed by atoms with Crippen molar-refractivity contribution in [1.29, 1.82) is 0 Å². The van der Waals surface area contributed by atoms with Gasteiger partial charge in [-0.15, -0.1) is 0 Å². The lowest BCUT2D eigenvalue weighted by Crippen LogP contribution is -2.09. The van der Waals surface area contributed by atoms with Gasteiger partial charge >= 0.3 is 5.97 Å². The summed E-state index contributed by atoms with van der Waals surface area (Å²) in [6.45, 7) is 2.00. The summed E-state index contributed by atoms with van der Waals surface area (Å²) in [7, 11) is 1.53. The number of carbonyl (C=O) groups excluding carboxylic acids is 1. The highest BCUT2D eigenvalue weighted by atomic mass is 35.5. The zero-order chi connectivity index (χ0) is 14.7. The van der Waals surface area contributed by atoms with E-state index in [1.807, 2.05) is 0 Å². The van der Waals surface area contributed by atoms with Crippen molar-refractivity contribution < 1.29 is 14.3 Å². The van der Waals surface area contributed by atoms with Gasteiger partial charge in [0.2, 0.25) is 0 Å². The minimum absolute atomic E-state index is 0.199. The predicted molar refractivity (Wildman–Crippen MR) is 75.5 cm³/mol. The van der Waals surface area contributed by atoms with Crippen molar-refractivity contribution >= 4 is 23.4 Å². The number of aromatic nitrogens is 2. The molecule has 7 heteroatoms. The Morgan fingerprint density at radius 1 is 1.50 bits per heavy atom. The molecular formula is C13H14ClN3O3. The molecule has 20 heavy (non-hydrogen) atoms. The Labute approximate surface area is 121 Å². The molecule has 0 radical (unpaired) electrons. The van der Waals surface area contributed by atoms with E-state index in [1.54, 1.807) is 25.1 Å². The fraction of sp³-hybridized carbons (Fsp3) is 0.231. The topological polar surface area (TPSA) is 79.4 Å². The smallest absolute Gasteiger partial charge is 0.343 e. The first-order valence-electron chi connectivity index (χ1n) is 5.93. The number of carbonyl (C=O) groups is 1. The van der Waals surface area contributed by atoms with Crippen molar-refractivity contribution in [2.45, 2.75) is 6.92 Å². The van der Waals surface area contributed by atoms with E-state index in [9.17, 15) is 4.79 Å². The number of benzene rings is 1. The van der Waals surface area contributed by atoms with Gasteiger partial charge in [-0.25, -0.2) is 9.48 Å². The van der Waals surface area contributed by atoms with Crippen LogP contribution in [0.1, 0.15) is 17.3 Å². The summed E-state index contributed by atoms with van der Waals surface area (Å²) in [6.07, 6.45) is 1.37. The Hall–Kier alpha value is -2.21. The normalized spacial score (nSPS) is 10.3. The van der Waals surface area contributed by atoms with Crippen molar-refractivity contribution in [3.8, 4) is 11.4 Å². The van der Waals surface area contributed by atoms with Gasteiger partial charge in [-0.3, -0.25) is 0 Å². The molecule has 2 N–H and O–H groups in total. The van der Waals surface area contributed by atoms with Crippen LogP contribution in [0.15, 0.2) is 24.4 Å². The second-order valence-electron chi connectivity index (χ2n) is 3.89. The van der Waals surface area contributed by atoms with Crippen molar-refractivity contribution in [3.63, 3.8) is 0 Å². The summed E-state index contributed by atoms with van der Waals surface area (Å²) < 4.78 is 11.4. The number of nitrogens with zero attached hydrogens (tertiary/aromatic N) is 2. The second-order valence-corrected chi connectivity index (χ2v) is 4.30. The van der Waals surface area contributed by atoms with Gasteiger partial charge in [-0.1, -0.05) is 11.6 Å². The van der Waals surface area contributed by atoms with Gasteiger partial charge in [-0.05, 0) is 25.1 Å². The van der Waals surface area contributed by atoms with Crippen LogP contribution in [-0.2, 0) is 4.74 Å². The monoisotopic (exact) mass is 295 g/mol. The number of ether oxygens (including phenoxy) is 2. The molecule has 1 aromatic heterocycles. The molecule has 0 unspecified atom stereocenters. The van der Waals surface area contributed by atoms with Crippen LogP contribution >= 0.6 is 11.6 Å². The summed E-state index contributed by atoms with van der Waals surface area (Å²) in [6, 6.07) is 5.09. The minimum Gasteiger partial charge on any atom is -0.495 e. The number of methoxy groups -OCH3 is 1. The maximum Gasteiger partial charge on any atom is 0.343 e.